The van der Waals surface area contributed by atoms with E-state index in [2.05, 4.69) is 47.4 Å². The summed E-state index contributed by atoms with van der Waals surface area (Å²) in [6.07, 6.45) is 5.52. The highest BCUT2D eigenvalue weighted by Crippen LogP contribution is 2.29. The Bertz CT molecular complexity index is 888. The van der Waals surface area contributed by atoms with Crippen molar-refractivity contribution in [2.24, 2.45) is 0 Å². The lowest BCUT2D eigenvalue weighted by Gasteiger charge is -2.32. The number of hydrogen-bond acceptors (Lipinski definition) is 4. The summed E-state index contributed by atoms with van der Waals surface area (Å²) < 4.78 is 11.3. The molecule has 0 atom stereocenters. The van der Waals surface area contributed by atoms with Crippen molar-refractivity contribution in [1.29, 1.82) is 0 Å². The number of ether oxygens (including phenoxy) is 2. The van der Waals surface area contributed by atoms with Gasteiger partial charge in [0.2, 0.25) is 5.91 Å². The van der Waals surface area contributed by atoms with E-state index in [-0.39, 0.29) is 5.91 Å². The molecule has 1 saturated heterocycles. The number of benzene rings is 2. The lowest BCUT2D eigenvalue weighted by Crippen LogP contribution is -2.34. The molecule has 0 N–H and O–H groups in total. The molecule has 0 spiro atoms. The van der Waals surface area contributed by atoms with Crippen LogP contribution in [0.3, 0.4) is 0 Å². The number of piperidine rings is 1. The van der Waals surface area contributed by atoms with E-state index in [1.807, 2.05) is 4.90 Å². The fourth-order valence-corrected chi connectivity index (χ4v) is 4.94. The molecule has 0 radical (unpaired) electrons. The van der Waals surface area contributed by atoms with Gasteiger partial charge < -0.3 is 19.3 Å². The molecule has 4 rings (SSSR count). The van der Waals surface area contributed by atoms with Crippen LogP contribution in [0.25, 0.3) is 0 Å². The van der Waals surface area contributed by atoms with Crippen molar-refractivity contribution in [1.82, 2.24) is 9.80 Å². The maximum Gasteiger partial charge on any atom is 0.219 e. The molecular formula is C27H36N2O3. The minimum atomic E-state index is 0.153. The van der Waals surface area contributed by atoms with Gasteiger partial charge in [-0.15, -0.1) is 0 Å². The molecule has 1 fully saturated rings. The lowest BCUT2D eigenvalue weighted by atomic mass is 9.89. The van der Waals surface area contributed by atoms with Gasteiger partial charge in [-0.2, -0.15) is 0 Å². The fraction of sp³-hybridized carbons (Fsp3) is 0.519. The van der Waals surface area contributed by atoms with Crippen molar-refractivity contribution in [2.45, 2.75) is 51.5 Å². The molecule has 172 valence electrons. The first kappa shape index (κ1) is 22.7. The molecular weight excluding hydrogens is 400 g/mol. The summed E-state index contributed by atoms with van der Waals surface area (Å²) in [6.45, 7) is 7.31. The quantitative estimate of drug-likeness (QED) is 0.593. The van der Waals surface area contributed by atoms with Crippen LogP contribution in [0.5, 0.6) is 11.5 Å². The van der Waals surface area contributed by atoms with Crippen molar-refractivity contribution in [3.8, 4) is 11.5 Å². The van der Waals surface area contributed by atoms with Gasteiger partial charge in [-0.05, 0) is 92.1 Å². The maximum absolute atomic E-state index is 11.8. The van der Waals surface area contributed by atoms with Gasteiger partial charge in [0.05, 0.1) is 13.7 Å². The third-order valence-corrected chi connectivity index (χ3v) is 6.92. The highest BCUT2D eigenvalue weighted by Gasteiger charge is 2.20. The molecule has 2 heterocycles. The highest BCUT2D eigenvalue weighted by molar-refractivity contribution is 5.73. The maximum atomic E-state index is 11.8. The van der Waals surface area contributed by atoms with Crippen LogP contribution >= 0.6 is 0 Å². The van der Waals surface area contributed by atoms with Gasteiger partial charge in [0.15, 0.2) is 0 Å². The average Bonchev–Trinajstić information content (AvgIpc) is 3.05. The Hall–Kier alpha value is -2.53. The molecule has 32 heavy (non-hydrogen) atoms. The van der Waals surface area contributed by atoms with Crippen LogP contribution in [0, 0.1) is 0 Å². The number of carbonyl (C=O) groups is 1. The minimum absolute atomic E-state index is 0.153. The Morgan fingerprint density at radius 3 is 2.47 bits per heavy atom. The number of hydrogen-bond donors (Lipinski definition) is 0. The van der Waals surface area contributed by atoms with Gasteiger partial charge in [0.1, 0.15) is 11.5 Å². The zero-order valence-corrected chi connectivity index (χ0v) is 19.5. The van der Waals surface area contributed by atoms with Crippen molar-refractivity contribution in [3.63, 3.8) is 0 Å². The summed E-state index contributed by atoms with van der Waals surface area (Å²) in [5, 5.41) is 0. The van der Waals surface area contributed by atoms with Gasteiger partial charge in [-0.25, -0.2) is 0 Å². The smallest absolute Gasteiger partial charge is 0.219 e. The zero-order chi connectivity index (χ0) is 22.3. The summed E-state index contributed by atoms with van der Waals surface area (Å²) in [5.74, 6) is 2.66. The summed E-state index contributed by atoms with van der Waals surface area (Å²) in [6, 6.07) is 15.0. The number of rotatable bonds is 7. The number of amides is 1. The lowest BCUT2D eigenvalue weighted by molar-refractivity contribution is -0.129. The molecule has 2 aromatic rings. The van der Waals surface area contributed by atoms with E-state index in [4.69, 9.17) is 9.47 Å². The van der Waals surface area contributed by atoms with Gasteiger partial charge in [-0.3, -0.25) is 4.79 Å². The number of fused-ring (bicyclic) bond motifs is 1. The molecule has 0 unspecified atom stereocenters. The van der Waals surface area contributed by atoms with Crippen LogP contribution in [0.2, 0.25) is 0 Å². The van der Waals surface area contributed by atoms with E-state index in [0.717, 1.165) is 63.5 Å². The Morgan fingerprint density at radius 1 is 1.00 bits per heavy atom. The second kappa shape index (κ2) is 10.9. The van der Waals surface area contributed by atoms with Crippen LogP contribution in [-0.2, 0) is 17.8 Å². The van der Waals surface area contributed by atoms with E-state index in [0.29, 0.717) is 12.5 Å². The van der Waals surface area contributed by atoms with Crippen LogP contribution in [-0.4, -0.2) is 55.6 Å². The first-order chi connectivity index (χ1) is 15.6. The van der Waals surface area contributed by atoms with Crippen LogP contribution in [0.4, 0.5) is 0 Å². The third kappa shape index (κ3) is 5.83. The first-order valence-electron chi connectivity index (χ1n) is 12.0. The summed E-state index contributed by atoms with van der Waals surface area (Å²) in [5.41, 5.74) is 4.01. The standard InChI is InChI=1S/C27H36N2O3/c1-21(30)29-15-3-5-22-8-11-27(19-25(22)20-29)32-18-4-14-28-16-12-24(13-17-28)23-6-9-26(31-2)10-7-23/h6-11,19,24H,3-5,12-18,20H2,1-2H3. The molecule has 2 aliphatic rings. The summed E-state index contributed by atoms with van der Waals surface area (Å²) in [4.78, 5) is 16.3. The van der Waals surface area contributed by atoms with E-state index in [1.54, 1.807) is 14.0 Å². The highest BCUT2D eigenvalue weighted by atomic mass is 16.5. The number of aryl methyl sites for hydroxylation is 1. The largest absolute Gasteiger partial charge is 0.497 e. The molecule has 2 aliphatic heterocycles. The Labute approximate surface area is 192 Å². The van der Waals surface area contributed by atoms with Crippen molar-refractivity contribution >= 4 is 5.91 Å². The first-order valence-corrected chi connectivity index (χ1v) is 12.0. The van der Waals surface area contributed by atoms with Gasteiger partial charge in [-0.1, -0.05) is 18.2 Å². The summed E-state index contributed by atoms with van der Waals surface area (Å²) in [7, 11) is 1.71. The molecule has 2 aromatic carbocycles. The number of likely N-dealkylation sites (tertiary alicyclic amines) is 1. The normalized spacial score (nSPS) is 17.5. The molecule has 0 aromatic heterocycles. The summed E-state index contributed by atoms with van der Waals surface area (Å²) >= 11 is 0. The average molecular weight is 437 g/mol. The van der Waals surface area contributed by atoms with Crippen molar-refractivity contribution in [3.05, 3.63) is 59.2 Å². The van der Waals surface area contributed by atoms with Crippen molar-refractivity contribution < 1.29 is 14.3 Å². The number of nitrogens with zero attached hydrogens (tertiary/aromatic N) is 2. The SMILES string of the molecule is COc1ccc(C2CCN(CCCOc3ccc4c(c3)CN(C(C)=O)CCC4)CC2)cc1. The van der Waals surface area contributed by atoms with Crippen LogP contribution in [0.15, 0.2) is 42.5 Å². The Balaban J connectivity index is 1.19. The van der Waals surface area contributed by atoms with Crippen LogP contribution < -0.4 is 9.47 Å². The second-order valence-electron chi connectivity index (χ2n) is 9.07. The van der Waals surface area contributed by atoms with Crippen molar-refractivity contribution in [2.75, 3.05) is 39.9 Å². The Morgan fingerprint density at radius 2 is 1.75 bits per heavy atom. The molecule has 1 amide bonds. The van der Waals surface area contributed by atoms with E-state index < -0.39 is 0 Å². The second-order valence-corrected chi connectivity index (χ2v) is 9.07. The van der Waals surface area contributed by atoms with Crippen LogP contribution in [0.1, 0.15) is 55.2 Å². The zero-order valence-electron chi connectivity index (χ0n) is 19.5. The topological polar surface area (TPSA) is 42.0 Å². The Kier molecular flexibility index (Phi) is 7.69. The predicted octanol–water partition coefficient (Wildman–Crippen LogP) is 4.64. The van der Waals surface area contributed by atoms with E-state index >= 15 is 0 Å². The number of methoxy groups -OCH3 is 1. The molecule has 5 heteroatoms. The fourth-order valence-electron chi connectivity index (χ4n) is 4.94. The third-order valence-electron chi connectivity index (χ3n) is 6.92. The molecule has 0 saturated carbocycles. The number of carbonyl (C=O) groups excluding carboxylic acids is 1. The van der Waals surface area contributed by atoms with Gasteiger partial charge >= 0.3 is 0 Å². The molecule has 5 nitrogen and oxygen atoms in total. The molecule has 0 aliphatic carbocycles. The van der Waals surface area contributed by atoms with Gasteiger partial charge in [0.25, 0.3) is 0 Å². The van der Waals surface area contributed by atoms with E-state index in [9.17, 15) is 4.79 Å². The monoisotopic (exact) mass is 436 g/mol. The van der Waals surface area contributed by atoms with E-state index in [1.165, 1.54) is 29.5 Å². The minimum Gasteiger partial charge on any atom is -0.497 e. The van der Waals surface area contributed by atoms with Gasteiger partial charge in [0, 0.05) is 26.6 Å². The predicted molar refractivity (Wildman–Crippen MR) is 127 cm³/mol. The molecule has 0 bridgehead atoms.